The molecule has 0 fully saturated rings. The van der Waals surface area contributed by atoms with Gasteiger partial charge in [0.05, 0.1) is 6.10 Å². The molecule has 0 amide bonds. The third-order valence-corrected chi connectivity index (χ3v) is 5.48. The number of hydrogen-bond acceptors (Lipinski definition) is 5. The molecule has 0 radical (unpaired) electrons. The highest BCUT2D eigenvalue weighted by molar-refractivity contribution is 6.69. The number of ketones is 2. The van der Waals surface area contributed by atoms with E-state index >= 15 is 0 Å². The fourth-order valence-electron chi connectivity index (χ4n) is 3.01. The highest BCUT2D eigenvalue weighted by atomic mass is 28.4. The first-order valence-electron chi connectivity index (χ1n) is 10.0. The summed E-state index contributed by atoms with van der Waals surface area (Å²) in [5, 5.41) is 19.9. The molecule has 2 aromatic carbocycles. The van der Waals surface area contributed by atoms with Crippen LogP contribution < -0.4 is 0 Å². The molecule has 0 unspecified atom stereocenters. The van der Waals surface area contributed by atoms with Crippen molar-refractivity contribution in [2.24, 2.45) is 0 Å². The highest BCUT2D eigenvalue weighted by Gasteiger charge is 2.28. The van der Waals surface area contributed by atoms with Crippen LogP contribution in [0, 0.1) is 0 Å². The minimum absolute atomic E-state index is 0.341. The molecule has 0 saturated heterocycles. The van der Waals surface area contributed by atoms with Gasteiger partial charge in [-0.15, -0.1) is 0 Å². The minimum atomic E-state index is -1.93. The number of carbonyl (C=O) groups excluding carboxylic acids is 2. The third kappa shape index (κ3) is 6.19. The maximum Gasteiger partial charge on any atom is 0.193 e. The van der Waals surface area contributed by atoms with Gasteiger partial charge < -0.3 is 14.6 Å². The Morgan fingerprint density at radius 1 is 0.733 bits per heavy atom. The number of benzene rings is 2. The van der Waals surface area contributed by atoms with Crippen LogP contribution in [-0.2, 0) is 4.43 Å². The van der Waals surface area contributed by atoms with E-state index < -0.39 is 19.5 Å². The molecule has 0 aliphatic carbocycles. The summed E-state index contributed by atoms with van der Waals surface area (Å²) in [6.07, 6.45) is -0.353. The predicted molar refractivity (Wildman–Crippen MR) is 120 cm³/mol. The molecule has 162 valence electrons. The molecule has 2 N–H and O–H groups in total. The molecule has 0 aliphatic heterocycles. The Morgan fingerprint density at radius 2 is 1.03 bits per heavy atom. The maximum atomic E-state index is 12.3. The normalized spacial score (nSPS) is 12.9. The van der Waals surface area contributed by atoms with Crippen LogP contribution in [0.5, 0.6) is 0 Å². The lowest BCUT2D eigenvalue weighted by molar-refractivity contribution is 0.0487. The van der Waals surface area contributed by atoms with Crippen LogP contribution in [0.3, 0.4) is 0 Å². The van der Waals surface area contributed by atoms with Gasteiger partial charge in [0.25, 0.3) is 0 Å². The van der Waals surface area contributed by atoms with E-state index in [9.17, 15) is 19.8 Å². The molecule has 6 heteroatoms. The topological polar surface area (TPSA) is 83.8 Å². The molecule has 5 nitrogen and oxygen atoms in total. The second-order valence-corrected chi connectivity index (χ2v) is 14.1. The first kappa shape index (κ1) is 24.1. The second kappa shape index (κ2) is 8.55. The molecular formula is C24H32O5Si. The summed E-state index contributed by atoms with van der Waals surface area (Å²) in [5.41, 5.74) is -0.234. The summed E-state index contributed by atoms with van der Waals surface area (Å²) >= 11 is 0. The molecular weight excluding hydrogens is 396 g/mol. The molecule has 2 aromatic rings. The minimum Gasteiger partial charge on any atom is -0.407 e. The lowest BCUT2D eigenvalue weighted by Crippen LogP contribution is -2.31. The van der Waals surface area contributed by atoms with E-state index in [0.29, 0.717) is 11.1 Å². The average molecular weight is 429 g/mol. The highest BCUT2D eigenvalue weighted by Crippen LogP contribution is 2.31. The molecule has 2 rings (SSSR count). The average Bonchev–Trinajstić information content (AvgIpc) is 2.63. The van der Waals surface area contributed by atoms with Crippen molar-refractivity contribution >= 4 is 19.9 Å². The van der Waals surface area contributed by atoms with Crippen LogP contribution in [-0.4, -0.2) is 41.3 Å². The van der Waals surface area contributed by atoms with Gasteiger partial charge >= 0.3 is 0 Å². The van der Waals surface area contributed by atoms with Gasteiger partial charge in [0, 0.05) is 11.1 Å². The van der Waals surface area contributed by atoms with Crippen molar-refractivity contribution in [3.05, 3.63) is 70.8 Å². The van der Waals surface area contributed by atoms with Gasteiger partial charge in [0.15, 0.2) is 19.9 Å². The smallest absolute Gasteiger partial charge is 0.193 e. The van der Waals surface area contributed by atoms with E-state index in [1.807, 2.05) is 24.3 Å². The van der Waals surface area contributed by atoms with Crippen LogP contribution in [0.25, 0.3) is 0 Å². The van der Waals surface area contributed by atoms with E-state index in [0.717, 1.165) is 11.1 Å². The van der Waals surface area contributed by atoms with Gasteiger partial charge in [-0.05, 0) is 58.5 Å². The molecule has 0 heterocycles. The van der Waals surface area contributed by atoms with E-state index in [2.05, 4.69) is 19.6 Å². The summed E-state index contributed by atoms with van der Waals surface area (Å²) in [6.45, 7) is 12.2. The SMILES string of the molecule is CC(C)(O)C(=O)c1ccc(C(O[Si](C)(C)C)c2ccc(C(=O)C(C)(C)O)cc2)cc1. The fourth-order valence-corrected chi connectivity index (χ4v) is 3.99. The maximum absolute atomic E-state index is 12.3. The largest absolute Gasteiger partial charge is 0.407 e. The summed E-state index contributed by atoms with van der Waals surface area (Å²) in [7, 11) is -1.93. The number of Topliss-reactive ketones (excluding diaryl/α,β-unsaturated/α-hetero) is 2. The molecule has 0 aliphatic rings. The van der Waals surface area contributed by atoms with E-state index in [1.165, 1.54) is 27.7 Å². The van der Waals surface area contributed by atoms with Crippen molar-refractivity contribution in [3.8, 4) is 0 Å². The number of rotatable bonds is 8. The Hall–Kier alpha value is -2.12. The monoisotopic (exact) mass is 428 g/mol. The standard InChI is InChI=1S/C24H32O5Si/c1-23(2,27)21(25)18-12-8-16(9-13-18)20(29-30(5,6)7)17-10-14-19(15-11-17)22(26)24(3,4)28/h8-15,20,27-28H,1-7H3. The predicted octanol–water partition coefficient (Wildman–Crippen LogP) is 4.53. The Bertz CT molecular complexity index is 826. The van der Waals surface area contributed by atoms with Crippen LogP contribution >= 0.6 is 0 Å². The van der Waals surface area contributed by atoms with Gasteiger partial charge in [0.2, 0.25) is 0 Å². The quantitative estimate of drug-likeness (QED) is 0.476. The summed E-state index contributed by atoms with van der Waals surface area (Å²) in [5.74, 6) is -0.683. The lowest BCUT2D eigenvalue weighted by Gasteiger charge is -2.28. The van der Waals surface area contributed by atoms with E-state index in [1.54, 1.807) is 24.3 Å². The molecule has 0 bridgehead atoms. The second-order valence-electron chi connectivity index (χ2n) is 9.63. The van der Waals surface area contributed by atoms with Gasteiger partial charge in [0.1, 0.15) is 11.2 Å². The molecule has 0 atom stereocenters. The van der Waals surface area contributed by atoms with E-state index in [4.69, 9.17) is 4.43 Å². The zero-order chi connectivity index (χ0) is 22.9. The Labute approximate surface area is 179 Å². The van der Waals surface area contributed by atoms with Gasteiger partial charge in [-0.2, -0.15) is 0 Å². The fraction of sp³-hybridized carbons (Fsp3) is 0.417. The first-order valence-corrected chi connectivity index (χ1v) is 13.4. The zero-order valence-electron chi connectivity index (χ0n) is 18.8. The number of hydrogen-bond donors (Lipinski definition) is 2. The zero-order valence-corrected chi connectivity index (χ0v) is 19.8. The molecule has 0 saturated carbocycles. The van der Waals surface area contributed by atoms with Crippen molar-refractivity contribution in [1.29, 1.82) is 0 Å². The Kier molecular flexibility index (Phi) is 6.88. The number of aliphatic hydroxyl groups is 2. The summed E-state index contributed by atoms with van der Waals surface area (Å²) in [6, 6.07) is 14.1. The van der Waals surface area contributed by atoms with Crippen molar-refractivity contribution in [2.45, 2.75) is 64.6 Å². The van der Waals surface area contributed by atoms with Gasteiger partial charge in [-0.25, -0.2) is 0 Å². The lowest BCUT2D eigenvalue weighted by atomic mass is 9.93. The van der Waals surface area contributed by atoms with Crippen LogP contribution in [0.15, 0.2) is 48.5 Å². The first-order chi connectivity index (χ1) is 13.6. The van der Waals surface area contributed by atoms with Crippen LogP contribution in [0.2, 0.25) is 19.6 Å². The summed E-state index contributed by atoms with van der Waals surface area (Å²) < 4.78 is 6.42. The van der Waals surface area contributed by atoms with Crippen molar-refractivity contribution < 1.29 is 24.2 Å². The van der Waals surface area contributed by atoms with Gasteiger partial charge in [-0.1, -0.05) is 48.5 Å². The Balaban J connectivity index is 2.40. The summed E-state index contributed by atoms with van der Waals surface area (Å²) in [4.78, 5) is 24.6. The van der Waals surface area contributed by atoms with Crippen molar-refractivity contribution in [3.63, 3.8) is 0 Å². The van der Waals surface area contributed by atoms with E-state index in [-0.39, 0.29) is 17.7 Å². The molecule has 30 heavy (non-hydrogen) atoms. The van der Waals surface area contributed by atoms with Crippen molar-refractivity contribution in [1.82, 2.24) is 0 Å². The Morgan fingerprint density at radius 3 is 1.27 bits per heavy atom. The number of carbonyl (C=O) groups is 2. The van der Waals surface area contributed by atoms with Crippen molar-refractivity contribution in [2.75, 3.05) is 0 Å². The molecule has 0 aromatic heterocycles. The molecule has 0 spiro atoms. The van der Waals surface area contributed by atoms with Crippen LogP contribution in [0.4, 0.5) is 0 Å². The van der Waals surface area contributed by atoms with Crippen LogP contribution in [0.1, 0.15) is 65.6 Å². The third-order valence-electron chi connectivity index (χ3n) is 4.53. The van der Waals surface area contributed by atoms with Gasteiger partial charge in [-0.3, -0.25) is 9.59 Å².